The number of rotatable bonds is 11. The lowest BCUT2D eigenvalue weighted by Crippen LogP contribution is -2.28. The number of carbonyl (C=O) groups excluding carboxylic acids is 2. The van der Waals surface area contributed by atoms with Crippen LogP contribution in [0.3, 0.4) is 0 Å². The highest BCUT2D eigenvalue weighted by atomic mass is 16.6. The van der Waals surface area contributed by atoms with E-state index in [0.717, 1.165) is 38.3 Å². The van der Waals surface area contributed by atoms with E-state index >= 15 is 0 Å². The number of aryl methyl sites for hydroxylation is 1. The Hall–Kier alpha value is -1.86. The minimum absolute atomic E-state index is 0.288. The molecule has 1 rings (SSSR count). The largest absolute Gasteiger partial charge is 0.462 e. The van der Waals surface area contributed by atoms with Crippen LogP contribution in [0, 0.1) is 6.92 Å². The van der Waals surface area contributed by atoms with Crippen LogP contribution in [0.2, 0.25) is 0 Å². The third kappa shape index (κ3) is 7.72. The zero-order chi connectivity index (χ0) is 20.4. The maximum atomic E-state index is 12.5. The second kappa shape index (κ2) is 11.1. The van der Waals surface area contributed by atoms with E-state index in [4.69, 9.17) is 9.47 Å². The Labute approximate surface area is 162 Å². The number of aromatic nitrogens is 1. The van der Waals surface area contributed by atoms with Crippen LogP contribution in [0.1, 0.15) is 73.1 Å². The molecule has 1 aromatic rings. The van der Waals surface area contributed by atoms with Gasteiger partial charge in [0.2, 0.25) is 0 Å². The normalized spacial score (nSPS) is 11.5. The number of likely N-dealkylation sites (N-methyl/N-ethyl adjacent to an activating group) is 1. The molecule has 27 heavy (non-hydrogen) atoms. The molecule has 1 heterocycles. The van der Waals surface area contributed by atoms with Crippen molar-refractivity contribution in [1.82, 2.24) is 15.6 Å². The summed E-state index contributed by atoms with van der Waals surface area (Å²) >= 11 is 0. The zero-order valence-corrected chi connectivity index (χ0v) is 17.6. The molecule has 0 spiro atoms. The van der Waals surface area contributed by atoms with Gasteiger partial charge in [-0.2, -0.15) is 0 Å². The second-order valence-corrected chi connectivity index (χ2v) is 7.41. The fraction of sp³-hybridized carbons (Fsp3) is 0.700. The molecule has 0 aromatic carbocycles. The highest BCUT2D eigenvalue weighted by Crippen LogP contribution is 2.23. The highest BCUT2D eigenvalue weighted by molar-refractivity contribution is 5.98. The van der Waals surface area contributed by atoms with E-state index in [1.165, 1.54) is 0 Å². The summed E-state index contributed by atoms with van der Waals surface area (Å²) in [6.45, 7) is 14.9. The monoisotopic (exact) mass is 381 g/mol. The van der Waals surface area contributed by atoms with E-state index in [0.29, 0.717) is 23.2 Å². The van der Waals surface area contributed by atoms with Crippen LogP contribution >= 0.6 is 0 Å². The summed E-state index contributed by atoms with van der Waals surface area (Å²) in [6.07, 6.45) is 1.48. The van der Waals surface area contributed by atoms with Gasteiger partial charge in [0.15, 0.2) is 0 Å². The fourth-order valence-corrected chi connectivity index (χ4v) is 2.73. The van der Waals surface area contributed by atoms with Gasteiger partial charge >= 0.3 is 11.9 Å². The summed E-state index contributed by atoms with van der Waals surface area (Å²) in [5.41, 5.74) is 1.47. The van der Waals surface area contributed by atoms with E-state index in [-0.39, 0.29) is 6.61 Å². The van der Waals surface area contributed by atoms with Gasteiger partial charge in [-0.3, -0.25) is 0 Å². The molecule has 0 aliphatic heterocycles. The van der Waals surface area contributed by atoms with Gasteiger partial charge in [0, 0.05) is 18.8 Å². The number of hydrogen-bond acceptors (Lipinski definition) is 6. The van der Waals surface area contributed by atoms with Gasteiger partial charge in [0.25, 0.3) is 0 Å². The SMILES string of the molecule is CCNCCNCCCc1[nH]c(C(=O)OC(C)(C)C)c(C)c1C(=O)OCC. The molecular weight excluding hydrogens is 346 g/mol. The predicted molar refractivity (Wildman–Crippen MR) is 106 cm³/mol. The number of aromatic amines is 1. The minimum Gasteiger partial charge on any atom is -0.462 e. The Kier molecular flexibility index (Phi) is 9.52. The van der Waals surface area contributed by atoms with Gasteiger partial charge in [-0.05, 0) is 66.1 Å². The predicted octanol–water partition coefficient (Wildman–Crippen LogP) is 2.59. The van der Waals surface area contributed by atoms with Crippen molar-refractivity contribution in [2.45, 2.75) is 60.0 Å². The van der Waals surface area contributed by atoms with Gasteiger partial charge in [0.05, 0.1) is 12.2 Å². The number of H-pyrrole nitrogens is 1. The third-order valence-electron chi connectivity index (χ3n) is 3.92. The van der Waals surface area contributed by atoms with E-state index in [2.05, 4.69) is 22.5 Å². The lowest BCUT2D eigenvalue weighted by Gasteiger charge is -2.19. The molecule has 154 valence electrons. The number of esters is 2. The van der Waals surface area contributed by atoms with Crippen molar-refractivity contribution in [2.24, 2.45) is 0 Å². The molecule has 0 radical (unpaired) electrons. The maximum Gasteiger partial charge on any atom is 0.355 e. The Balaban J connectivity index is 2.86. The van der Waals surface area contributed by atoms with Crippen LogP contribution < -0.4 is 10.6 Å². The van der Waals surface area contributed by atoms with Crippen molar-refractivity contribution in [3.05, 3.63) is 22.5 Å². The number of nitrogens with one attached hydrogen (secondary N) is 3. The van der Waals surface area contributed by atoms with E-state index in [1.807, 2.05) is 20.8 Å². The molecule has 0 saturated heterocycles. The Morgan fingerprint density at radius 1 is 1.04 bits per heavy atom. The maximum absolute atomic E-state index is 12.5. The molecule has 0 atom stereocenters. The molecule has 3 N–H and O–H groups in total. The molecule has 0 aliphatic rings. The molecule has 1 aromatic heterocycles. The Bertz CT molecular complexity index is 617. The van der Waals surface area contributed by atoms with E-state index in [9.17, 15) is 9.59 Å². The summed E-state index contributed by atoms with van der Waals surface area (Å²) in [6, 6.07) is 0. The van der Waals surface area contributed by atoms with Crippen LogP contribution in [-0.2, 0) is 15.9 Å². The molecule has 0 saturated carbocycles. The van der Waals surface area contributed by atoms with Gasteiger partial charge in [-0.25, -0.2) is 9.59 Å². The number of hydrogen-bond donors (Lipinski definition) is 3. The van der Waals surface area contributed by atoms with E-state index < -0.39 is 17.5 Å². The molecular formula is C20H35N3O4. The van der Waals surface area contributed by atoms with Crippen LogP contribution in [0.5, 0.6) is 0 Å². The molecule has 0 amide bonds. The van der Waals surface area contributed by atoms with Crippen molar-refractivity contribution in [3.8, 4) is 0 Å². The quantitative estimate of drug-likeness (QED) is 0.403. The smallest absolute Gasteiger partial charge is 0.355 e. The summed E-state index contributed by atoms with van der Waals surface area (Å²) in [5.74, 6) is -0.864. The van der Waals surface area contributed by atoms with Crippen molar-refractivity contribution < 1.29 is 19.1 Å². The molecule has 7 nitrogen and oxygen atoms in total. The van der Waals surface area contributed by atoms with Crippen LogP contribution in [-0.4, -0.2) is 55.3 Å². The van der Waals surface area contributed by atoms with Gasteiger partial charge in [-0.15, -0.1) is 0 Å². The lowest BCUT2D eigenvalue weighted by molar-refractivity contribution is 0.00625. The first-order valence-electron chi connectivity index (χ1n) is 9.74. The van der Waals surface area contributed by atoms with Crippen molar-refractivity contribution in [2.75, 3.05) is 32.8 Å². The highest BCUT2D eigenvalue weighted by Gasteiger charge is 2.27. The zero-order valence-electron chi connectivity index (χ0n) is 17.6. The van der Waals surface area contributed by atoms with Gasteiger partial charge < -0.3 is 25.1 Å². The van der Waals surface area contributed by atoms with Crippen molar-refractivity contribution in [3.63, 3.8) is 0 Å². The van der Waals surface area contributed by atoms with Crippen LogP contribution in [0.4, 0.5) is 0 Å². The van der Waals surface area contributed by atoms with Crippen LogP contribution in [0.15, 0.2) is 0 Å². The average Bonchev–Trinajstić information content (AvgIpc) is 2.89. The first-order chi connectivity index (χ1) is 12.7. The fourth-order valence-electron chi connectivity index (χ4n) is 2.73. The van der Waals surface area contributed by atoms with Crippen molar-refractivity contribution in [1.29, 1.82) is 0 Å². The summed E-state index contributed by atoms with van der Waals surface area (Å²) in [4.78, 5) is 28.0. The van der Waals surface area contributed by atoms with Gasteiger partial charge in [0.1, 0.15) is 11.3 Å². The van der Waals surface area contributed by atoms with Gasteiger partial charge in [-0.1, -0.05) is 6.92 Å². The van der Waals surface area contributed by atoms with Crippen LogP contribution in [0.25, 0.3) is 0 Å². The summed E-state index contributed by atoms with van der Waals surface area (Å²) < 4.78 is 10.6. The minimum atomic E-state index is -0.602. The first-order valence-corrected chi connectivity index (χ1v) is 9.74. The number of carbonyl (C=O) groups is 2. The standard InChI is InChI=1S/C20H35N3O4/c1-7-21-12-13-22-11-9-10-15-16(18(24)26-8-2)14(3)17(23-15)19(25)27-20(4,5)6/h21-23H,7-13H2,1-6H3. The Morgan fingerprint density at radius 2 is 1.70 bits per heavy atom. The summed E-state index contributed by atoms with van der Waals surface area (Å²) in [7, 11) is 0. The summed E-state index contributed by atoms with van der Waals surface area (Å²) in [5, 5.41) is 6.61. The average molecular weight is 382 g/mol. The van der Waals surface area contributed by atoms with Crippen molar-refractivity contribution >= 4 is 11.9 Å². The molecule has 0 bridgehead atoms. The third-order valence-corrected chi connectivity index (χ3v) is 3.92. The second-order valence-electron chi connectivity index (χ2n) is 7.41. The molecule has 0 fully saturated rings. The topological polar surface area (TPSA) is 92.5 Å². The molecule has 0 unspecified atom stereocenters. The molecule has 7 heteroatoms. The Morgan fingerprint density at radius 3 is 2.30 bits per heavy atom. The number of ether oxygens (including phenoxy) is 2. The molecule has 0 aliphatic carbocycles. The lowest BCUT2D eigenvalue weighted by atomic mass is 10.1. The van der Waals surface area contributed by atoms with E-state index in [1.54, 1.807) is 13.8 Å². The first kappa shape index (κ1) is 23.2.